The van der Waals surface area contributed by atoms with Crippen LogP contribution in [0.25, 0.3) is 11.3 Å². The molecule has 27 heavy (non-hydrogen) atoms. The van der Waals surface area contributed by atoms with Crippen molar-refractivity contribution < 1.29 is 4.74 Å². The number of aromatic amines is 1. The molecule has 1 aliphatic rings. The number of nitrogens with two attached hydrogens (primary N) is 1. The van der Waals surface area contributed by atoms with Crippen molar-refractivity contribution in [3.05, 3.63) is 54.4 Å². The van der Waals surface area contributed by atoms with Crippen molar-refractivity contribution in [3.8, 4) is 17.0 Å². The lowest BCUT2D eigenvalue weighted by atomic mass is 9.96. The van der Waals surface area contributed by atoms with Crippen LogP contribution < -0.4 is 10.5 Å². The Hall–Kier alpha value is -2.93. The Bertz CT molecular complexity index is 886. The van der Waals surface area contributed by atoms with Gasteiger partial charge in [-0.05, 0) is 56.7 Å². The Kier molecular flexibility index (Phi) is 5.02. The highest BCUT2D eigenvalue weighted by Gasteiger charge is 2.21. The molecule has 0 radical (unpaired) electrons. The fourth-order valence-corrected chi connectivity index (χ4v) is 3.33. The molecule has 1 fully saturated rings. The van der Waals surface area contributed by atoms with E-state index in [1.165, 1.54) is 0 Å². The van der Waals surface area contributed by atoms with Crippen LogP contribution in [0.2, 0.25) is 0 Å². The quantitative estimate of drug-likeness (QED) is 0.723. The molecule has 0 saturated carbocycles. The molecule has 0 bridgehead atoms. The molecule has 3 aromatic rings. The summed E-state index contributed by atoms with van der Waals surface area (Å²) in [6.45, 7) is 2.63. The Morgan fingerprint density at radius 3 is 2.74 bits per heavy atom. The summed E-state index contributed by atoms with van der Waals surface area (Å²) in [6.07, 6.45) is 9.36. The maximum Gasteiger partial charge on any atom is 0.166 e. The van der Waals surface area contributed by atoms with Crippen LogP contribution in [0.3, 0.4) is 0 Å². The summed E-state index contributed by atoms with van der Waals surface area (Å²) in [5, 5.41) is 0. The number of hydrogen-bond donors (Lipinski definition) is 2. The molecule has 7 nitrogen and oxygen atoms in total. The van der Waals surface area contributed by atoms with Gasteiger partial charge in [-0.1, -0.05) is 0 Å². The highest BCUT2D eigenvalue weighted by atomic mass is 16.5. The van der Waals surface area contributed by atoms with Gasteiger partial charge in [0, 0.05) is 30.1 Å². The summed E-state index contributed by atoms with van der Waals surface area (Å²) in [5.41, 5.74) is 8.87. The zero-order valence-corrected chi connectivity index (χ0v) is 15.4. The normalized spacial score (nSPS) is 15.7. The van der Waals surface area contributed by atoms with E-state index in [4.69, 9.17) is 10.5 Å². The first-order valence-electron chi connectivity index (χ1n) is 9.20. The number of anilines is 1. The number of hydrogen-bond acceptors (Lipinski definition) is 6. The zero-order valence-electron chi connectivity index (χ0n) is 15.4. The smallest absolute Gasteiger partial charge is 0.166 e. The van der Waals surface area contributed by atoms with Gasteiger partial charge in [-0.25, -0.2) is 9.97 Å². The molecule has 0 aromatic carbocycles. The molecular weight excluding hydrogens is 340 g/mol. The van der Waals surface area contributed by atoms with E-state index in [2.05, 4.69) is 31.9 Å². The molecule has 3 N–H and O–H groups in total. The number of nitrogen functional groups attached to an aromatic ring is 1. The van der Waals surface area contributed by atoms with E-state index < -0.39 is 0 Å². The lowest BCUT2D eigenvalue weighted by molar-refractivity contribution is 0.251. The molecule has 7 heteroatoms. The van der Waals surface area contributed by atoms with Crippen LogP contribution >= 0.6 is 0 Å². The SMILES string of the molecule is CN1CCC(c2ncc(-c3cnc(N)c(OCc4ccncc4)c3)[nH]2)CC1. The van der Waals surface area contributed by atoms with Crippen molar-refractivity contribution in [2.24, 2.45) is 0 Å². The molecule has 0 atom stereocenters. The molecule has 4 heterocycles. The number of rotatable bonds is 5. The number of H-pyrrole nitrogens is 1. The predicted molar refractivity (Wildman–Crippen MR) is 104 cm³/mol. The van der Waals surface area contributed by atoms with Gasteiger partial charge in [0.2, 0.25) is 0 Å². The standard InChI is InChI=1S/C20H24N6O/c1-26-8-4-15(5-9-26)20-24-12-17(25-20)16-10-18(19(21)23-11-16)27-13-14-2-6-22-7-3-14/h2-3,6-7,10-12,15H,4-5,8-9,13H2,1H3,(H2,21,23)(H,24,25). The number of piperidine rings is 1. The molecule has 0 aliphatic carbocycles. The first-order valence-corrected chi connectivity index (χ1v) is 9.20. The van der Waals surface area contributed by atoms with Crippen LogP contribution in [-0.4, -0.2) is 45.0 Å². The molecular formula is C20H24N6O. The maximum atomic E-state index is 5.99. The Morgan fingerprint density at radius 2 is 1.96 bits per heavy atom. The number of likely N-dealkylation sites (tertiary alicyclic amines) is 1. The van der Waals surface area contributed by atoms with Gasteiger partial charge in [0.05, 0.1) is 11.9 Å². The summed E-state index contributed by atoms with van der Waals surface area (Å²) < 4.78 is 5.86. The second-order valence-electron chi connectivity index (χ2n) is 7.01. The van der Waals surface area contributed by atoms with Crippen molar-refractivity contribution in [3.63, 3.8) is 0 Å². The number of ether oxygens (including phenoxy) is 1. The minimum atomic E-state index is 0.378. The minimum absolute atomic E-state index is 0.378. The van der Waals surface area contributed by atoms with E-state index in [0.29, 0.717) is 24.1 Å². The van der Waals surface area contributed by atoms with Crippen molar-refractivity contribution >= 4 is 5.82 Å². The largest absolute Gasteiger partial charge is 0.485 e. The van der Waals surface area contributed by atoms with Crippen molar-refractivity contribution in [1.82, 2.24) is 24.8 Å². The van der Waals surface area contributed by atoms with Crippen molar-refractivity contribution in [2.45, 2.75) is 25.4 Å². The van der Waals surface area contributed by atoms with E-state index in [1.54, 1.807) is 18.6 Å². The fraction of sp³-hybridized carbons (Fsp3) is 0.350. The summed E-state index contributed by atoms with van der Waals surface area (Å²) in [4.78, 5) is 18.7. The summed E-state index contributed by atoms with van der Waals surface area (Å²) in [7, 11) is 2.16. The monoisotopic (exact) mass is 364 g/mol. The lowest BCUT2D eigenvalue weighted by Gasteiger charge is -2.27. The van der Waals surface area contributed by atoms with Gasteiger partial charge in [-0.15, -0.1) is 0 Å². The molecule has 140 valence electrons. The van der Waals surface area contributed by atoms with Crippen LogP contribution in [0, 0.1) is 0 Å². The summed E-state index contributed by atoms with van der Waals surface area (Å²) in [6, 6.07) is 5.74. The first-order chi connectivity index (χ1) is 13.2. The highest BCUT2D eigenvalue weighted by molar-refractivity contribution is 5.63. The molecule has 1 aliphatic heterocycles. The third-order valence-electron chi connectivity index (χ3n) is 5.04. The Morgan fingerprint density at radius 1 is 1.19 bits per heavy atom. The van der Waals surface area contributed by atoms with E-state index in [-0.39, 0.29) is 0 Å². The molecule has 0 unspecified atom stereocenters. The fourth-order valence-electron chi connectivity index (χ4n) is 3.33. The zero-order chi connectivity index (χ0) is 18.6. The second-order valence-corrected chi connectivity index (χ2v) is 7.01. The maximum absolute atomic E-state index is 5.99. The van der Waals surface area contributed by atoms with Crippen LogP contribution in [0.1, 0.15) is 30.1 Å². The summed E-state index contributed by atoms with van der Waals surface area (Å²) >= 11 is 0. The highest BCUT2D eigenvalue weighted by Crippen LogP contribution is 2.30. The van der Waals surface area contributed by atoms with Gasteiger partial charge >= 0.3 is 0 Å². The van der Waals surface area contributed by atoms with Gasteiger partial charge in [-0.3, -0.25) is 4.98 Å². The van der Waals surface area contributed by atoms with Crippen LogP contribution in [0.4, 0.5) is 5.82 Å². The first kappa shape index (κ1) is 17.5. The van der Waals surface area contributed by atoms with Gasteiger partial charge in [0.15, 0.2) is 11.6 Å². The third-order valence-corrected chi connectivity index (χ3v) is 5.04. The number of nitrogens with one attached hydrogen (secondary N) is 1. The van der Waals surface area contributed by atoms with E-state index in [9.17, 15) is 0 Å². The topological polar surface area (TPSA) is 93.0 Å². The molecule has 4 rings (SSSR count). The number of imidazole rings is 1. The molecule has 3 aromatic heterocycles. The summed E-state index contributed by atoms with van der Waals surface area (Å²) in [5.74, 6) is 2.48. The van der Waals surface area contributed by atoms with E-state index >= 15 is 0 Å². The van der Waals surface area contributed by atoms with Crippen LogP contribution in [0.15, 0.2) is 43.0 Å². The number of nitrogens with zero attached hydrogens (tertiary/aromatic N) is 4. The molecule has 1 saturated heterocycles. The van der Waals surface area contributed by atoms with E-state index in [0.717, 1.165) is 48.6 Å². The van der Waals surface area contributed by atoms with Gasteiger partial charge in [-0.2, -0.15) is 0 Å². The molecule has 0 amide bonds. The van der Waals surface area contributed by atoms with Gasteiger partial charge < -0.3 is 20.4 Å². The average Bonchev–Trinajstić information content (AvgIpc) is 3.19. The van der Waals surface area contributed by atoms with Gasteiger partial charge in [0.25, 0.3) is 0 Å². The predicted octanol–water partition coefficient (Wildman–Crippen LogP) is 2.84. The number of pyridine rings is 2. The van der Waals surface area contributed by atoms with Gasteiger partial charge in [0.1, 0.15) is 12.4 Å². The second kappa shape index (κ2) is 7.75. The minimum Gasteiger partial charge on any atom is -0.485 e. The van der Waals surface area contributed by atoms with Crippen LogP contribution in [-0.2, 0) is 6.61 Å². The van der Waals surface area contributed by atoms with E-state index in [1.807, 2.05) is 24.4 Å². The third kappa shape index (κ3) is 4.09. The van der Waals surface area contributed by atoms with Crippen molar-refractivity contribution in [2.75, 3.05) is 25.9 Å². The van der Waals surface area contributed by atoms with Crippen molar-refractivity contribution in [1.29, 1.82) is 0 Å². The lowest BCUT2D eigenvalue weighted by Crippen LogP contribution is -2.29. The Balaban J connectivity index is 1.49. The van der Waals surface area contributed by atoms with Crippen LogP contribution in [0.5, 0.6) is 5.75 Å². The average molecular weight is 364 g/mol. The molecule has 0 spiro atoms. The Labute approximate surface area is 158 Å². The number of aromatic nitrogens is 4.